The summed E-state index contributed by atoms with van der Waals surface area (Å²) in [6, 6.07) is -1.18. The lowest BCUT2D eigenvalue weighted by Gasteiger charge is -2.40. The van der Waals surface area contributed by atoms with Gasteiger partial charge in [0.15, 0.2) is 24.4 Å². The number of carbonyl (C=O) groups excluding carboxylic acids is 8. The third kappa shape index (κ3) is 30.7. The van der Waals surface area contributed by atoms with E-state index in [9.17, 15) is 58.2 Å². The van der Waals surface area contributed by atoms with Gasteiger partial charge in [-0.3, -0.25) is 43.2 Å². The Balaban J connectivity index is 5.82. The van der Waals surface area contributed by atoms with Crippen molar-refractivity contribution in [3.05, 3.63) is 0 Å². The van der Waals surface area contributed by atoms with Gasteiger partial charge in [-0.15, -0.1) is 0 Å². The second-order valence-corrected chi connectivity index (χ2v) is 17.7. The van der Waals surface area contributed by atoms with Crippen LogP contribution in [0.1, 0.15) is 177 Å². The Bertz CT molecular complexity index is 1620. The van der Waals surface area contributed by atoms with Gasteiger partial charge in [0.1, 0.15) is 18.2 Å². The molecule has 2 amide bonds. The Hall–Kier alpha value is -5.34. The van der Waals surface area contributed by atoms with Crippen LogP contribution < -0.4 is 16.4 Å². The summed E-state index contributed by atoms with van der Waals surface area (Å²) in [5.41, 5.74) is 5.46. The van der Waals surface area contributed by atoms with Crippen molar-refractivity contribution >= 4 is 59.6 Å². The van der Waals surface area contributed by atoms with E-state index in [1.165, 1.54) is 0 Å². The van der Waals surface area contributed by atoms with Crippen LogP contribution in [0.3, 0.4) is 0 Å². The average molecular weight is 988 g/mol. The third-order valence-electron chi connectivity index (χ3n) is 11.0. The minimum Gasteiger partial charge on any atom is -0.481 e. The largest absolute Gasteiger partial charge is 0.481 e. The number of rotatable bonds is 39. The molecule has 396 valence electrons. The molecule has 69 heavy (non-hydrogen) atoms. The van der Waals surface area contributed by atoms with Gasteiger partial charge in [0.25, 0.3) is 0 Å². The normalized spacial score (nSPS) is 14.6. The zero-order valence-corrected chi connectivity index (χ0v) is 42.0. The van der Waals surface area contributed by atoms with Crippen LogP contribution in [0.25, 0.3) is 0 Å². The first kappa shape index (κ1) is 63.7. The molecule has 0 bridgehead atoms. The van der Waals surface area contributed by atoms with E-state index in [4.69, 9.17) is 34.2 Å². The molecule has 0 aromatic carbocycles. The van der Waals surface area contributed by atoms with Crippen LogP contribution in [-0.2, 0) is 76.4 Å². The highest BCUT2D eigenvalue weighted by atomic mass is 16.6. The Kier molecular flexibility index (Phi) is 33.8. The number of carboxylic acid groups (broad SMARTS) is 2. The lowest BCUT2D eigenvalue weighted by atomic mass is 9.91. The molecule has 21 nitrogen and oxygen atoms in total. The SMILES string of the molecule is CC(=O)O[C@H]([C@@H](OC(C)=O)[C@@H](OC(C)=O)[C@@H](CCCCCCCCCCCCCCNC(=O)C[C@H](CCCN)C(=O)O)OC(C)=O)[C@@H](OC(C)=O)[C@H](CCCC(=O)N[C@H](C(=O)O)C(C)C)OC(C)=O. The first-order valence-corrected chi connectivity index (χ1v) is 24.3. The fourth-order valence-electron chi connectivity index (χ4n) is 7.79. The number of esters is 6. The van der Waals surface area contributed by atoms with Gasteiger partial charge in [0.05, 0.1) is 5.92 Å². The first-order chi connectivity index (χ1) is 32.5. The molecule has 0 aromatic heterocycles. The quantitative estimate of drug-likeness (QED) is 0.0308. The Morgan fingerprint density at radius 3 is 1.19 bits per heavy atom. The van der Waals surface area contributed by atoms with E-state index in [0.29, 0.717) is 38.8 Å². The zero-order valence-electron chi connectivity index (χ0n) is 42.0. The van der Waals surface area contributed by atoms with E-state index < -0.39 is 108 Å². The van der Waals surface area contributed by atoms with Gasteiger partial charge >= 0.3 is 47.8 Å². The number of ether oxygens (including phenoxy) is 6. The molecule has 0 fully saturated rings. The number of carbonyl (C=O) groups is 10. The van der Waals surface area contributed by atoms with Crippen molar-refractivity contribution in [3.8, 4) is 0 Å². The van der Waals surface area contributed by atoms with Gasteiger partial charge in [-0.1, -0.05) is 78.1 Å². The van der Waals surface area contributed by atoms with Gasteiger partial charge in [-0.05, 0) is 57.4 Å². The van der Waals surface area contributed by atoms with Gasteiger partial charge in [-0.25, -0.2) is 4.79 Å². The minimum absolute atomic E-state index is 0.0472. The summed E-state index contributed by atoms with van der Waals surface area (Å²) < 4.78 is 33.8. The molecule has 0 unspecified atom stereocenters. The molecular weight excluding hydrogens is 907 g/mol. The van der Waals surface area contributed by atoms with Crippen LogP contribution >= 0.6 is 0 Å². The van der Waals surface area contributed by atoms with E-state index in [1.807, 2.05) is 0 Å². The summed E-state index contributed by atoms with van der Waals surface area (Å²) in [5, 5.41) is 24.0. The Morgan fingerprint density at radius 1 is 0.449 bits per heavy atom. The van der Waals surface area contributed by atoms with Gasteiger partial charge in [-0.2, -0.15) is 0 Å². The topological polar surface area (TPSA) is 317 Å². The summed E-state index contributed by atoms with van der Waals surface area (Å²) in [4.78, 5) is 124. The van der Waals surface area contributed by atoms with Crippen LogP contribution in [0.2, 0.25) is 0 Å². The summed E-state index contributed by atoms with van der Waals surface area (Å²) in [6.45, 7) is 10.4. The molecule has 0 rings (SSSR count). The summed E-state index contributed by atoms with van der Waals surface area (Å²) in [6.07, 6.45) is 1.49. The van der Waals surface area contributed by atoms with Crippen molar-refractivity contribution in [1.29, 1.82) is 0 Å². The lowest BCUT2D eigenvalue weighted by molar-refractivity contribution is -0.219. The van der Waals surface area contributed by atoms with Gasteiger partial charge < -0.3 is 55.0 Å². The van der Waals surface area contributed by atoms with Crippen LogP contribution in [0.15, 0.2) is 0 Å². The third-order valence-corrected chi connectivity index (χ3v) is 11.0. The molecule has 0 saturated carbocycles. The van der Waals surface area contributed by atoms with Crippen molar-refractivity contribution in [2.45, 2.75) is 220 Å². The predicted octanol–water partition coefficient (Wildman–Crippen LogP) is 4.99. The molecule has 0 spiro atoms. The standard InChI is InChI=1S/C48H81N3O18/c1-30(2)42(48(62)63)51-40(58)26-21-25-39(65-32(4)53)44(67-34(6)55)46(69-36(8)57)45(68-35(7)56)43(66-33(5)54)38(64-31(3)52)24-19-17-15-13-11-9-10-12-14-16-18-20-28-50-41(59)29-37(47(60)61)23-22-27-49/h30,37-39,42-46H,9-29,49H2,1-8H3,(H,50,59)(H,51,58)(H,60,61)(H,62,63)/t37-,38+,39-,42-,43-,44-,45-,46-/m0/s1. The summed E-state index contributed by atoms with van der Waals surface area (Å²) in [5.74, 6) is -9.71. The molecule has 0 aliphatic carbocycles. The van der Waals surface area contributed by atoms with Crippen molar-refractivity contribution < 1.29 is 86.6 Å². The number of aliphatic carboxylic acids is 2. The minimum atomic E-state index is -1.85. The molecule has 8 atom stereocenters. The maximum Gasteiger partial charge on any atom is 0.326 e. The molecule has 0 aromatic rings. The number of amides is 2. The van der Waals surface area contributed by atoms with Crippen molar-refractivity contribution in [2.24, 2.45) is 17.6 Å². The highest BCUT2D eigenvalue weighted by Gasteiger charge is 2.50. The number of carboxylic acids is 2. The highest BCUT2D eigenvalue weighted by Crippen LogP contribution is 2.29. The fourth-order valence-corrected chi connectivity index (χ4v) is 7.79. The van der Waals surface area contributed by atoms with Crippen molar-refractivity contribution in [2.75, 3.05) is 13.1 Å². The van der Waals surface area contributed by atoms with Gasteiger partial charge in [0.2, 0.25) is 11.8 Å². The first-order valence-electron chi connectivity index (χ1n) is 24.3. The number of unbranched alkanes of at least 4 members (excludes halogenated alkanes) is 11. The summed E-state index contributed by atoms with van der Waals surface area (Å²) >= 11 is 0. The van der Waals surface area contributed by atoms with E-state index in [0.717, 1.165) is 106 Å². The van der Waals surface area contributed by atoms with Gasteiger partial charge in [0, 0.05) is 60.9 Å². The van der Waals surface area contributed by atoms with E-state index in [-0.39, 0.29) is 38.0 Å². The van der Waals surface area contributed by atoms with Crippen LogP contribution in [0, 0.1) is 11.8 Å². The van der Waals surface area contributed by atoms with E-state index in [2.05, 4.69) is 10.6 Å². The van der Waals surface area contributed by atoms with E-state index in [1.54, 1.807) is 13.8 Å². The second-order valence-electron chi connectivity index (χ2n) is 17.7. The average Bonchev–Trinajstić information content (AvgIpc) is 3.23. The summed E-state index contributed by atoms with van der Waals surface area (Å²) in [7, 11) is 0. The van der Waals surface area contributed by atoms with Crippen LogP contribution in [0.5, 0.6) is 0 Å². The molecule has 0 saturated heterocycles. The second kappa shape index (κ2) is 36.6. The number of nitrogens with two attached hydrogens (primary N) is 1. The number of nitrogens with one attached hydrogen (secondary N) is 2. The molecule has 21 heteroatoms. The number of hydrogen-bond donors (Lipinski definition) is 5. The molecule has 0 aliphatic rings. The Labute approximate surface area is 406 Å². The molecule has 6 N–H and O–H groups in total. The van der Waals surface area contributed by atoms with Crippen molar-refractivity contribution in [1.82, 2.24) is 10.6 Å². The van der Waals surface area contributed by atoms with E-state index >= 15 is 0 Å². The maximum absolute atomic E-state index is 12.8. The zero-order chi connectivity index (χ0) is 52.5. The molecular formula is C48H81N3O18. The highest BCUT2D eigenvalue weighted by molar-refractivity contribution is 5.84. The van der Waals surface area contributed by atoms with Crippen LogP contribution in [-0.4, -0.2) is 126 Å². The monoisotopic (exact) mass is 988 g/mol. The molecule has 0 radical (unpaired) electrons. The predicted molar refractivity (Wildman–Crippen MR) is 249 cm³/mol. The number of hydrogen-bond acceptors (Lipinski definition) is 17. The smallest absolute Gasteiger partial charge is 0.326 e. The Morgan fingerprint density at radius 2 is 0.826 bits per heavy atom. The lowest BCUT2D eigenvalue weighted by Crippen LogP contribution is -2.58. The van der Waals surface area contributed by atoms with Crippen molar-refractivity contribution in [3.63, 3.8) is 0 Å². The molecule has 0 heterocycles. The molecule has 0 aliphatic heterocycles. The maximum atomic E-state index is 12.8. The fraction of sp³-hybridized carbons (Fsp3) is 0.792. The van der Waals surface area contributed by atoms with Crippen LogP contribution in [0.4, 0.5) is 0 Å².